The van der Waals surface area contributed by atoms with E-state index < -0.39 is 11.9 Å². The number of hydrogen-bond donors (Lipinski definition) is 1. The number of methoxy groups -OCH3 is 1. The summed E-state index contributed by atoms with van der Waals surface area (Å²) in [5.41, 5.74) is 1.11. The molecule has 1 heterocycles. The maximum absolute atomic E-state index is 11.2. The third-order valence-electron chi connectivity index (χ3n) is 2.41. The number of ether oxygens (including phenoxy) is 1. The van der Waals surface area contributed by atoms with Crippen molar-refractivity contribution < 1.29 is 23.8 Å². The maximum Gasteiger partial charge on any atom is 0.371 e. The van der Waals surface area contributed by atoms with Gasteiger partial charge in [0.1, 0.15) is 5.76 Å². The van der Waals surface area contributed by atoms with Gasteiger partial charge in [0.2, 0.25) is 5.76 Å². The average Bonchev–Trinajstić information content (AvgIpc) is 2.88. The smallest absolute Gasteiger partial charge is 0.371 e. The number of esters is 1. The highest BCUT2D eigenvalue weighted by atomic mass is 16.5. The minimum Gasteiger partial charge on any atom is -0.475 e. The van der Waals surface area contributed by atoms with Crippen LogP contribution >= 0.6 is 0 Å². The summed E-state index contributed by atoms with van der Waals surface area (Å²) in [6.45, 7) is 0. The summed E-state index contributed by atoms with van der Waals surface area (Å²) in [5, 5.41) is 8.74. The number of hydrogen-bond acceptors (Lipinski definition) is 4. The molecule has 1 aromatic heterocycles. The lowest BCUT2D eigenvalue weighted by Crippen LogP contribution is -2.00. The molecule has 0 fully saturated rings. The second kappa shape index (κ2) is 4.75. The van der Waals surface area contributed by atoms with Crippen molar-refractivity contribution in [2.45, 2.75) is 0 Å². The Morgan fingerprint density at radius 2 is 1.78 bits per heavy atom. The molecule has 0 unspecified atom stereocenters. The molecular formula is C13H10O5. The Bertz CT molecular complexity index is 580. The van der Waals surface area contributed by atoms with Gasteiger partial charge in [0.05, 0.1) is 12.7 Å². The zero-order valence-corrected chi connectivity index (χ0v) is 9.54. The summed E-state index contributed by atoms with van der Waals surface area (Å²) in [7, 11) is 1.31. The van der Waals surface area contributed by atoms with Gasteiger partial charge in [0.15, 0.2) is 0 Å². The van der Waals surface area contributed by atoms with Gasteiger partial charge in [-0.3, -0.25) is 0 Å². The van der Waals surface area contributed by atoms with Crippen LogP contribution in [-0.2, 0) is 4.74 Å². The van der Waals surface area contributed by atoms with E-state index in [9.17, 15) is 9.59 Å². The van der Waals surface area contributed by atoms with E-state index in [1.807, 2.05) is 0 Å². The molecule has 5 heteroatoms. The lowest BCUT2D eigenvalue weighted by Gasteiger charge is -2.00. The van der Waals surface area contributed by atoms with E-state index in [-0.39, 0.29) is 5.76 Å². The third kappa shape index (κ3) is 2.24. The topological polar surface area (TPSA) is 76.7 Å². The highest BCUT2D eigenvalue weighted by molar-refractivity contribution is 5.90. The van der Waals surface area contributed by atoms with Crippen LogP contribution < -0.4 is 0 Å². The third-order valence-corrected chi connectivity index (χ3v) is 2.41. The van der Waals surface area contributed by atoms with Gasteiger partial charge in [0, 0.05) is 5.56 Å². The first-order valence-electron chi connectivity index (χ1n) is 5.13. The Kier molecular flexibility index (Phi) is 3.14. The molecular weight excluding hydrogens is 236 g/mol. The number of carboxylic acid groups (broad SMARTS) is 1. The molecule has 92 valence electrons. The van der Waals surface area contributed by atoms with E-state index in [0.29, 0.717) is 16.9 Å². The summed E-state index contributed by atoms with van der Waals surface area (Å²) in [5.74, 6) is -1.23. The molecule has 2 rings (SSSR count). The number of carbonyl (C=O) groups excluding carboxylic acids is 1. The van der Waals surface area contributed by atoms with Crippen molar-refractivity contribution in [3.8, 4) is 11.3 Å². The van der Waals surface area contributed by atoms with E-state index in [1.165, 1.54) is 13.2 Å². The lowest BCUT2D eigenvalue weighted by molar-refractivity contribution is 0.0599. The van der Waals surface area contributed by atoms with Crippen LogP contribution in [0.2, 0.25) is 0 Å². The number of carbonyl (C=O) groups is 2. The minimum atomic E-state index is -1.12. The number of benzene rings is 1. The van der Waals surface area contributed by atoms with Crippen molar-refractivity contribution in [2.24, 2.45) is 0 Å². The summed E-state index contributed by atoms with van der Waals surface area (Å²) in [4.78, 5) is 21.9. The molecule has 0 saturated heterocycles. The molecule has 1 aromatic carbocycles. The van der Waals surface area contributed by atoms with Gasteiger partial charge in [-0.25, -0.2) is 9.59 Å². The fourth-order valence-corrected chi connectivity index (χ4v) is 1.50. The van der Waals surface area contributed by atoms with Gasteiger partial charge in [-0.15, -0.1) is 0 Å². The highest BCUT2D eigenvalue weighted by Gasteiger charge is 2.11. The number of aromatic carboxylic acids is 1. The first-order valence-corrected chi connectivity index (χ1v) is 5.13. The minimum absolute atomic E-state index is 0.123. The van der Waals surface area contributed by atoms with E-state index in [4.69, 9.17) is 9.52 Å². The van der Waals surface area contributed by atoms with Gasteiger partial charge in [-0.2, -0.15) is 0 Å². The highest BCUT2D eigenvalue weighted by Crippen LogP contribution is 2.22. The lowest BCUT2D eigenvalue weighted by atomic mass is 10.1. The maximum atomic E-state index is 11.2. The SMILES string of the molecule is COC(=O)c1ccc(-c2ccc(C(=O)O)o2)cc1. The van der Waals surface area contributed by atoms with Crippen molar-refractivity contribution in [1.29, 1.82) is 0 Å². The van der Waals surface area contributed by atoms with Gasteiger partial charge < -0.3 is 14.3 Å². The molecule has 1 N–H and O–H groups in total. The number of rotatable bonds is 3. The molecule has 5 nitrogen and oxygen atoms in total. The molecule has 0 bridgehead atoms. The fraction of sp³-hybridized carbons (Fsp3) is 0.0769. The Balaban J connectivity index is 2.28. The first-order chi connectivity index (χ1) is 8.61. The van der Waals surface area contributed by atoms with E-state index >= 15 is 0 Å². The largest absolute Gasteiger partial charge is 0.475 e. The molecule has 0 saturated carbocycles. The normalized spacial score (nSPS) is 10.1. The molecule has 0 aliphatic carbocycles. The van der Waals surface area contributed by atoms with E-state index in [1.54, 1.807) is 30.3 Å². The summed E-state index contributed by atoms with van der Waals surface area (Å²) in [6, 6.07) is 9.45. The fourth-order valence-electron chi connectivity index (χ4n) is 1.50. The van der Waals surface area contributed by atoms with Crippen LogP contribution in [0, 0.1) is 0 Å². The van der Waals surface area contributed by atoms with E-state index in [2.05, 4.69) is 4.74 Å². The second-order valence-electron chi connectivity index (χ2n) is 3.54. The van der Waals surface area contributed by atoms with Crippen LogP contribution in [0.5, 0.6) is 0 Å². The number of furan rings is 1. The Labute approximate surface area is 103 Å². The van der Waals surface area contributed by atoms with Crippen LogP contribution in [0.15, 0.2) is 40.8 Å². The standard InChI is InChI=1S/C13H10O5/c1-17-13(16)9-4-2-8(3-5-9)10-6-7-11(18-10)12(14)15/h2-7H,1H3,(H,14,15). The van der Waals surface area contributed by atoms with Crippen LogP contribution in [0.25, 0.3) is 11.3 Å². The zero-order valence-electron chi connectivity index (χ0n) is 9.54. The van der Waals surface area contributed by atoms with Gasteiger partial charge in [0.25, 0.3) is 0 Å². The molecule has 0 spiro atoms. The number of carboxylic acids is 1. The van der Waals surface area contributed by atoms with Gasteiger partial charge >= 0.3 is 11.9 Å². The van der Waals surface area contributed by atoms with Crippen LogP contribution in [0.3, 0.4) is 0 Å². The quantitative estimate of drug-likeness (QED) is 0.841. The van der Waals surface area contributed by atoms with E-state index in [0.717, 1.165) is 0 Å². The Hall–Kier alpha value is -2.56. The van der Waals surface area contributed by atoms with Crippen LogP contribution in [-0.4, -0.2) is 24.2 Å². The van der Waals surface area contributed by atoms with Gasteiger partial charge in [-0.1, -0.05) is 12.1 Å². The predicted molar refractivity (Wildman–Crippen MR) is 62.4 cm³/mol. The second-order valence-corrected chi connectivity index (χ2v) is 3.54. The van der Waals surface area contributed by atoms with Crippen molar-refractivity contribution in [3.63, 3.8) is 0 Å². The first kappa shape index (κ1) is 11.9. The predicted octanol–water partition coefficient (Wildman–Crippen LogP) is 2.43. The van der Waals surface area contributed by atoms with Crippen LogP contribution in [0.1, 0.15) is 20.9 Å². The van der Waals surface area contributed by atoms with Crippen molar-refractivity contribution >= 4 is 11.9 Å². The summed E-state index contributed by atoms with van der Waals surface area (Å²) >= 11 is 0. The Morgan fingerprint density at radius 3 is 2.28 bits per heavy atom. The molecule has 2 aromatic rings. The molecule has 18 heavy (non-hydrogen) atoms. The molecule has 0 atom stereocenters. The molecule has 0 radical (unpaired) electrons. The van der Waals surface area contributed by atoms with Crippen molar-refractivity contribution in [3.05, 3.63) is 47.7 Å². The van der Waals surface area contributed by atoms with Crippen molar-refractivity contribution in [1.82, 2.24) is 0 Å². The molecule has 0 amide bonds. The van der Waals surface area contributed by atoms with Gasteiger partial charge in [-0.05, 0) is 24.3 Å². The molecule has 0 aliphatic rings. The average molecular weight is 246 g/mol. The van der Waals surface area contributed by atoms with Crippen molar-refractivity contribution in [2.75, 3.05) is 7.11 Å². The van der Waals surface area contributed by atoms with Crippen LogP contribution in [0.4, 0.5) is 0 Å². The molecule has 0 aliphatic heterocycles. The summed E-state index contributed by atoms with van der Waals surface area (Å²) in [6.07, 6.45) is 0. The zero-order chi connectivity index (χ0) is 13.1. The monoisotopic (exact) mass is 246 g/mol. The Morgan fingerprint density at radius 1 is 1.11 bits per heavy atom. The summed E-state index contributed by atoms with van der Waals surface area (Å²) < 4.78 is 9.72.